The second-order valence-corrected chi connectivity index (χ2v) is 3.06. The first-order valence-electron chi connectivity index (χ1n) is 3.18. The molecule has 0 saturated carbocycles. The van der Waals surface area contributed by atoms with Crippen molar-refractivity contribution in [2.45, 2.75) is 18.7 Å². The van der Waals surface area contributed by atoms with E-state index >= 15 is 0 Å². The molecule has 10 heavy (non-hydrogen) atoms. The Hall–Kier alpha value is -0.470. The maximum atomic E-state index is 5.44. The fourth-order valence-electron chi connectivity index (χ4n) is 0.834. The lowest BCUT2D eigenvalue weighted by molar-refractivity contribution is 1.26. The topological polar surface area (TPSA) is 26.0 Å². The standard InChI is InChI=1S/C8H11NS/c1-6-3-4-7(2)8(5-6)10-9/h3-5H,9H2,1-2H3. The molecule has 0 aliphatic rings. The smallest absolute Gasteiger partial charge is 0.0257 e. The summed E-state index contributed by atoms with van der Waals surface area (Å²) in [5, 5.41) is 5.44. The molecule has 0 aliphatic carbocycles. The Morgan fingerprint density at radius 3 is 2.50 bits per heavy atom. The van der Waals surface area contributed by atoms with E-state index in [9.17, 15) is 0 Å². The van der Waals surface area contributed by atoms with Crippen molar-refractivity contribution in [3.05, 3.63) is 29.3 Å². The molecule has 0 unspecified atom stereocenters. The van der Waals surface area contributed by atoms with Crippen molar-refractivity contribution in [1.82, 2.24) is 0 Å². The third-order valence-electron chi connectivity index (χ3n) is 1.47. The first-order valence-corrected chi connectivity index (χ1v) is 4.06. The summed E-state index contributed by atoms with van der Waals surface area (Å²) in [6.45, 7) is 4.13. The molecule has 2 N–H and O–H groups in total. The van der Waals surface area contributed by atoms with E-state index in [2.05, 4.69) is 32.0 Å². The number of benzene rings is 1. The van der Waals surface area contributed by atoms with E-state index < -0.39 is 0 Å². The Morgan fingerprint density at radius 2 is 2.00 bits per heavy atom. The summed E-state index contributed by atoms with van der Waals surface area (Å²) in [6, 6.07) is 6.28. The average Bonchev–Trinajstić information content (AvgIpc) is 1.94. The van der Waals surface area contributed by atoms with Crippen LogP contribution in [0.25, 0.3) is 0 Å². The molecule has 0 saturated heterocycles. The molecule has 2 heteroatoms. The Balaban J connectivity index is 3.09. The second-order valence-electron chi connectivity index (χ2n) is 2.39. The maximum Gasteiger partial charge on any atom is 0.0257 e. The van der Waals surface area contributed by atoms with Gasteiger partial charge in [-0.1, -0.05) is 12.1 Å². The molecule has 54 valence electrons. The van der Waals surface area contributed by atoms with E-state index in [4.69, 9.17) is 5.14 Å². The first kappa shape index (κ1) is 7.63. The van der Waals surface area contributed by atoms with Crippen molar-refractivity contribution in [3.63, 3.8) is 0 Å². The fourth-order valence-corrected chi connectivity index (χ4v) is 1.34. The van der Waals surface area contributed by atoms with Gasteiger partial charge in [0.1, 0.15) is 0 Å². The van der Waals surface area contributed by atoms with Crippen LogP contribution in [-0.4, -0.2) is 0 Å². The summed E-state index contributed by atoms with van der Waals surface area (Å²) in [4.78, 5) is 1.17. The highest BCUT2D eigenvalue weighted by Crippen LogP contribution is 2.18. The van der Waals surface area contributed by atoms with Crippen LogP contribution in [-0.2, 0) is 0 Å². The van der Waals surface area contributed by atoms with Gasteiger partial charge in [-0.25, -0.2) is 0 Å². The molecular weight excluding hydrogens is 142 g/mol. The molecule has 1 rings (SSSR count). The van der Waals surface area contributed by atoms with Crippen molar-refractivity contribution < 1.29 is 0 Å². The van der Waals surface area contributed by atoms with Crippen LogP contribution in [0.3, 0.4) is 0 Å². The molecule has 0 spiro atoms. The third kappa shape index (κ3) is 1.52. The minimum atomic E-state index is 1.17. The van der Waals surface area contributed by atoms with Gasteiger partial charge < -0.3 is 0 Å². The van der Waals surface area contributed by atoms with Crippen LogP contribution in [0.15, 0.2) is 23.1 Å². The van der Waals surface area contributed by atoms with E-state index in [1.54, 1.807) is 0 Å². The van der Waals surface area contributed by atoms with Gasteiger partial charge in [0, 0.05) is 4.90 Å². The van der Waals surface area contributed by atoms with Gasteiger partial charge in [0.05, 0.1) is 0 Å². The van der Waals surface area contributed by atoms with Crippen molar-refractivity contribution >= 4 is 11.9 Å². The minimum absolute atomic E-state index is 1.17. The fraction of sp³-hybridized carbons (Fsp3) is 0.250. The highest BCUT2D eigenvalue weighted by atomic mass is 32.2. The van der Waals surface area contributed by atoms with Gasteiger partial charge in [0.2, 0.25) is 0 Å². The number of aryl methyl sites for hydroxylation is 2. The monoisotopic (exact) mass is 153 g/mol. The van der Waals surface area contributed by atoms with Crippen molar-refractivity contribution in [2.24, 2.45) is 5.14 Å². The van der Waals surface area contributed by atoms with Crippen LogP contribution in [0, 0.1) is 13.8 Å². The van der Waals surface area contributed by atoms with Gasteiger partial charge in [-0.2, -0.15) is 0 Å². The average molecular weight is 153 g/mol. The van der Waals surface area contributed by atoms with Crippen LogP contribution >= 0.6 is 11.9 Å². The summed E-state index contributed by atoms with van der Waals surface area (Å²) >= 11 is 1.31. The Morgan fingerprint density at radius 1 is 1.30 bits per heavy atom. The van der Waals surface area contributed by atoms with E-state index in [0.29, 0.717) is 0 Å². The van der Waals surface area contributed by atoms with E-state index in [-0.39, 0.29) is 0 Å². The summed E-state index contributed by atoms with van der Waals surface area (Å²) in [5.74, 6) is 0. The molecule has 1 aromatic rings. The van der Waals surface area contributed by atoms with Crippen LogP contribution in [0.4, 0.5) is 0 Å². The Labute approximate surface area is 65.8 Å². The van der Waals surface area contributed by atoms with Gasteiger partial charge in [-0.3, -0.25) is 5.14 Å². The molecule has 0 amide bonds. The molecule has 1 aromatic carbocycles. The van der Waals surface area contributed by atoms with Gasteiger partial charge >= 0.3 is 0 Å². The highest BCUT2D eigenvalue weighted by Gasteiger charge is 1.94. The van der Waals surface area contributed by atoms with E-state index in [0.717, 1.165) is 0 Å². The minimum Gasteiger partial charge on any atom is -0.274 e. The summed E-state index contributed by atoms with van der Waals surface area (Å²) in [5.41, 5.74) is 2.51. The number of rotatable bonds is 1. The molecular formula is C8H11NS. The number of nitrogens with two attached hydrogens (primary N) is 1. The zero-order chi connectivity index (χ0) is 7.56. The maximum absolute atomic E-state index is 5.44. The zero-order valence-corrected chi connectivity index (χ0v) is 7.03. The molecule has 0 bridgehead atoms. The normalized spacial score (nSPS) is 9.90. The predicted octanol–water partition coefficient (Wildman–Crippen LogP) is 2.27. The van der Waals surface area contributed by atoms with Crippen LogP contribution in [0.1, 0.15) is 11.1 Å². The third-order valence-corrected chi connectivity index (χ3v) is 2.16. The molecule has 0 radical (unpaired) electrons. The first-order chi connectivity index (χ1) is 4.74. The molecule has 0 aliphatic heterocycles. The number of hydrogen-bond donors (Lipinski definition) is 1. The second kappa shape index (κ2) is 3.08. The summed E-state index contributed by atoms with van der Waals surface area (Å²) in [7, 11) is 0. The van der Waals surface area contributed by atoms with E-state index in [1.807, 2.05) is 0 Å². The number of hydrogen-bond acceptors (Lipinski definition) is 2. The highest BCUT2D eigenvalue weighted by molar-refractivity contribution is 7.97. The lowest BCUT2D eigenvalue weighted by Gasteiger charge is -2.01. The van der Waals surface area contributed by atoms with Gasteiger partial charge in [-0.05, 0) is 43.0 Å². The van der Waals surface area contributed by atoms with Gasteiger partial charge in [-0.15, -0.1) is 0 Å². The lowest BCUT2D eigenvalue weighted by Crippen LogP contribution is -1.84. The molecule has 0 aromatic heterocycles. The van der Waals surface area contributed by atoms with Gasteiger partial charge in [0.15, 0.2) is 0 Å². The van der Waals surface area contributed by atoms with Crippen LogP contribution in [0.5, 0.6) is 0 Å². The van der Waals surface area contributed by atoms with Crippen LogP contribution < -0.4 is 5.14 Å². The van der Waals surface area contributed by atoms with Crippen LogP contribution in [0.2, 0.25) is 0 Å². The zero-order valence-electron chi connectivity index (χ0n) is 6.22. The van der Waals surface area contributed by atoms with E-state index in [1.165, 1.54) is 28.0 Å². The molecule has 1 nitrogen and oxygen atoms in total. The predicted molar refractivity (Wildman–Crippen MR) is 46.0 cm³/mol. The Kier molecular flexibility index (Phi) is 2.35. The largest absolute Gasteiger partial charge is 0.274 e. The molecule has 0 fully saturated rings. The van der Waals surface area contributed by atoms with Crippen molar-refractivity contribution in [3.8, 4) is 0 Å². The SMILES string of the molecule is Cc1ccc(C)c(SN)c1. The van der Waals surface area contributed by atoms with Gasteiger partial charge in [0.25, 0.3) is 0 Å². The Bertz CT molecular complexity index is 233. The van der Waals surface area contributed by atoms with Crippen molar-refractivity contribution in [2.75, 3.05) is 0 Å². The molecule has 0 heterocycles. The summed E-state index contributed by atoms with van der Waals surface area (Å²) < 4.78 is 0. The summed E-state index contributed by atoms with van der Waals surface area (Å²) in [6.07, 6.45) is 0. The van der Waals surface area contributed by atoms with Crippen molar-refractivity contribution in [1.29, 1.82) is 0 Å². The quantitative estimate of drug-likeness (QED) is 0.626. The lowest BCUT2D eigenvalue weighted by atomic mass is 10.2. The molecule has 0 atom stereocenters.